The molecule has 8 heteroatoms. The van der Waals surface area contributed by atoms with E-state index in [1.165, 1.54) is 26.4 Å². The molecular weight excluding hydrogens is 362 g/mol. The van der Waals surface area contributed by atoms with Crippen LogP contribution in [-0.2, 0) is 19.2 Å². The van der Waals surface area contributed by atoms with Crippen molar-refractivity contribution in [2.75, 3.05) is 14.2 Å². The van der Waals surface area contributed by atoms with E-state index < -0.39 is 15.5 Å². The molecule has 2 aliphatic carbocycles. The van der Waals surface area contributed by atoms with E-state index in [1.54, 1.807) is 0 Å². The number of phenols is 2. The zero-order valence-electron chi connectivity index (χ0n) is 10.9. The lowest BCUT2D eigenvalue weighted by molar-refractivity contribution is -0.228. The van der Waals surface area contributed by atoms with Gasteiger partial charge in [0, 0.05) is 25.3 Å². The Hall–Kier alpha value is -0.360. The van der Waals surface area contributed by atoms with Crippen LogP contribution in [0.2, 0.25) is 0 Å². The van der Waals surface area contributed by atoms with E-state index >= 15 is 0 Å². The van der Waals surface area contributed by atoms with Crippen molar-refractivity contribution in [2.45, 2.75) is 15.5 Å². The lowest BCUT2D eigenvalue weighted by Gasteiger charge is -2.40. The predicted octanol–water partition coefficient (Wildman–Crippen LogP) is 3.67. The molecule has 21 heavy (non-hydrogen) atoms. The van der Waals surface area contributed by atoms with Crippen LogP contribution in [-0.4, -0.2) is 30.2 Å². The first kappa shape index (κ1) is 15.5. The summed E-state index contributed by atoms with van der Waals surface area (Å²) in [4.78, 5) is -3.34. The summed E-state index contributed by atoms with van der Waals surface area (Å²) in [5, 5.41) is 20.4. The van der Waals surface area contributed by atoms with Crippen LogP contribution < -0.4 is 0 Å². The maximum Gasteiger partial charge on any atom is 0.226 e. The molecule has 0 saturated heterocycles. The molecule has 0 spiro atoms. The summed E-state index contributed by atoms with van der Waals surface area (Å²) in [5.41, 5.74) is 0.245. The Morgan fingerprint density at radius 3 is 1.48 bits per heavy atom. The monoisotopic (exact) mass is 370 g/mol. The number of hydrogen-bond acceptors (Lipinski definition) is 4. The predicted molar refractivity (Wildman–Crippen MR) is 80.3 cm³/mol. The largest absolute Gasteiger partial charge is 0.508 e. The molecule has 1 aromatic carbocycles. The molecule has 2 N–H and O–H groups in total. The van der Waals surface area contributed by atoms with Gasteiger partial charge in [0.15, 0.2) is 9.75 Å². The summed E-state index contributed by atoms with van der Waals surface area (Å²) in [6.45, 7) is 0. The molecule has 0 aliphatic heterocycles. The maximum absolute atomic E-state index is 10.2. The number of phenolic OH excluding ortho intramolecular Hbond substituents is 2. The standard InChI is InChI=1S/C13H10Cl4O4/c1-20-13(21-2)11(16)7-5(18)3-4-6(19)8(7)12(13,17)10(15)9(11)14/h3-4,18-19H,1-2H3/t11-,12+. The van der Waals surface area contributed by atoms with Crippen LogP contribution in [0.1, 0.15) is 11.1 Å². The second-order valence-corrected chi connectivity index (χ2v) is 6.71. The van der Waals surface area contributed by atoms with E-state index in [2.05, 4.69) is 0 Å². The fourth-order valence-electron chi connectivity index (χ4n) is 3.30. The molecule has 2 aliphatic rings. The van der Waals surface area contributed by atoms with Crippen LogP contribution in [0.4, 0.5) is 0 Å². The van der Waals surface area contributed by atoms with E-state index in [0.717, 1.165) is 0 Å². The summed E-state index contributed by atoms with van der Waals surface area (Å²) in [6.07, 6.45) is 0. The van der Waals surface area contributed by atoms with Crippen LogP contribution in [0.25, 0.3) is 0 Å². The molecule has 3 rings (SSSR count). The van der Waals surface area contributed by atoms with E-state index in [1.807, 2.05) is 0 Å². The summed E-state index contributed by atoms with van der Waals surface area (Å²) in [6, 6.07) is 2.57. The molecule has 1 aromatic rings. The zero-order chi connectivity index (χ0) is 15.8. The van der Waals surface area contributed by atoms with Gasteiger partial charge in [0.2, 0.25) is 5.79 Å². The normalized spacial score (nSPS) is 32.7. The third-order valence-corrected chi connectivity index (χ3v) is 6.62. The molecule has 0 aromatic heterocycles. The van der Waals surface area contributed by atoms with Crippen molar-refractivity contribution in [3.63, 3.8) is 0 Å². The van der Waals surface area contributed by atoms with E-state index in [-0.39, 0.29) is 32.7 Å². The smallest absolute Gasteiger partial charge is 0.226 e. The molecule has 2 bridgehead atoms. The minimum absolute atomic E-state index is 0.0158. The van der Waals surface area contributed by atoms with Crippen LogP contribution in [0.3, 0.4) is 0 Å². The highest BCUT2D eigenvalue weighted by molar-refractivity contribution is 6.52. The average molecular weight is 372 g/mol. The summed E-state index contributed by atoms with van der Waals surface area (Å²) in [7, 11) is 2.66. The lowest BCUT2D eigenvalue weighted by Crippen LogP contribution is -2.53. The zero-order valence-corrected chi connectivity index (χ0v) is 13.9. The van der Waals surface area contributed by atoms with Crippen molar-refractivity contribution in [2.24, 2.45) is 0 Å². The van der Waals surface area contributed by atoms with Crippen molar-refractivity contribution in [1.29, 1.82) is 0 Å². The quantitative estimate of drug-likeness (QED) is 0.473. The van der Waals surface area contributed by atoms with Crippen LogP contribution >= 0.6 is 46.4 Å². The molecule has 0 unspecified atom stereocenters. The second-order valence-electron chi connectivity index (χ2n) is 4.82. The molecule has 2 atom stereocenters. The van der Waals surface area contributed by atoms with Gasteiger partial charge in [0.25, 0.3) is 0 Å². The Balaban J connectivity index is 2.53. The van der Waals surface area contributed by atoms with E-state index in [9.17, 15) is 10.2 Å². The van der Waals surface area contributed by atoms with Gasteiger partial charge in [-0.3, -0.25) is 0 Å². The van der Waals surface area contributed by atoms with Gasteiger partial charge < -0.3 is 19.7 Å². The van der Waals surface area contributed by atoms with Gasteiger partial charge >= 0.3 is 0 Å². The summed E-state index contributed by atoms with van der Waals surface area (Å²) >= 11 is 25.9. The number of alkyl halides is 2. The SMILES string of the molecule is COC1(OC)[C@@]2(Cl)C(Cl)=C(Cl)[C@]1(Cl)c1c(O)ccc(O)c12. The van der Waals surface area contributed by atoms with Crippen molar-refractivity contribution in [1.82, 2.24) is 0 Å². The molecule has 0 saturated carbocycles. The van der Waals surface area contributed by atoms with Gasteiger partial charge in [-0.1, -0.05) is 23.2 Å². The number of hydrogen-bond donors (Lipinski definition) is 2. The Morgan fingerprint density at radius 2 is 1.19 bits per heavy atom. The number of benzene rings is 1. The Bertz CT molecular complexity index is 632. The fourth-order valence-corrected chi connectivity index (χ4v) is 5.33. The van der Waals surface area contributed by atoms with Gasteiger partial charge in [-0.15, -0.1) is 23.2 Å². The van der Waals surface area contributed by atoms with Gasteiger partial charge in [0.05, 0.1) is 10.1 Å². The highest BCUT2D eigenvalue weighted by Gasteiger charge is 2.81. The second kappa shape index (κ2) is 4.34. The molecule has 4 nitrogen and oxygen atoms in total. The number of methoxy groups -OCH3 is 2. The number of aromatic hydroxyl groups is 2. The number of ether oxygens (including phenoxy) is 2. The highest BCUT2D eigenvalue weighted by atomic mass is 35.5. The first-order chi connectivity index (χ1) is 9.74. The van der Waals surface area contributed by atoms with E-state index in [4.69, 9.17) is 55.9 Å². The molecule has 0 fully saturated rings. The van der Waals surface area contributed by atoms with Gasteiger partial charge in [0.1, 0.15) is 11.5 Å². The molecule has 0 radical (unpaired) electrons. The first-order valence-electron chi connectivity index (χ1n) is 5.84. The van der Waals surface area contributed by atoms with Gasteiger partial charge in [-0.25, -0.2) is 0 Å². The number of halogens is 4. The summed E-state index contributed by atoms with van der Waals surface area (Å²) in [5.74, 6) is -2.10. The molecular formula is C13H10Cl4O4. The Morgan fingerprint density at radius 1 is 0.857 bits per heavy atom. The third kappa shape index (κ3) is 1.30. The van der Waals surface area contributed by atoms with Crippen LogP contribution in [0.5, 0.6) is 11.5 Å². The molecule has 0 amide bonds. The lowest BCUT2D eigenvalue weighted by atomic mass is 9.94. The van der Waals surface area contributed by atoms with Gasteiger partial charge in [-0.05, 0) is 12.1 Å². The molecule has 114 valence electrons. The Labute approximate surface area is 140 Å². The number of fused-ring (bicyclic) bond motifs is 5. The molecule has 0 heterocycles. The van der Waals surface area contributed by atoms with Crippen molar-refractivity contribution in [3.05, 3.63) is 33.3 Å². The third-order valence-electron chi connectivity index (χ3n) is 4.13. The maximum atomic E-state index is 10.2. The highest BCUT2D eigenvalue weighted by Crippen LogP contribution is 2.77. The average Bonchev–Trinajstić information content (AvgIpc) is 2.72. The van der Waals surface area contributed by atoms with Crippen molar-refractivity contribution >= 4 is 46.4 Å². The number of rotatable bonds is 2. The van der Waals surface area contributed by atoms with Crippen molar-refractivity contribution < 1.29 is 19.7 Å². The minimum Gasteiger partial charge on any atom is -0.508 e. The van der Waals surface area contributed by atoms with E-state index in [0.29, 0.717) is 0 Å². The van der Waals surface area contributed by atoms with Gasteiger partial charge in [-0.2, -0.15) is 0 Å². The van der Waals surface area contributed by atoms with Crippen LogP contribution in [0.15, 0.2) is 22.2 Å². The minimum atomic E-state index is -1.71. The topological polar surface area (TPSA) is 58.9 Å². The van der Waals surface area contributed by atoms with Crippen LogP contribution in [0, 0.1) is 0 Å². The first-order valence-corrected chi connectivity index (χ1v) is 7.35. The Kier molecular flexibility index (Phi) is 3.21. The fraction of sp³-hybridized carbons (Fsp3) is 0.385. The van der Waals surface area contributed by atoms with Crippen molar-refractivity contribution in [3.8, 4) is 11.5 Å². The summed E-state index contributed by atoms with van der Waals surface area (Å²) < 4.78 is 10.9.